The molecule has 0 radical (unpaired) electrons. The lowest BCUT2D eigenvalue weighted by atomic mass is 9.75. The maximum absolute atomic E-state index is 11.0. The fourth-order valence-electron chi connectivity index (χ4n) is 4.30. The third-order valence-electron chi connectivity index (χ3n) is 5.32. The number of hydrogen-bond acceptors (Lipinski definition) is 3. The van der Waals surface area contributed by atoms with Crippen molar-refractivity contribution in [3.05, 3.63) is 76.4 Å². The van der Waals surface area contributed by atoms with Crippen LogP contribution in [-0.2, 0) is 0 Å². The summed E-state index contributed by atoms with van der Waals surface area (Å²) in [5, 5.41) is 14.7. The average Bonchev–Trinajstić information content (AvgIpc) is 3.02. The highest BCUT2D eigenvalue weighted by Crippen LogP contribution is 2.50. The first-order chi connectivity index (χ1) is 11.5. The number of carbonyl (C=O) groups is 1. The van der Waals surface area contributed by atoms with Gasteiger partial charge in [-0.05, 0) is 60.1 Å². The molecular formula is C21H20NO2-. The predicted molar refractivity (Wildman–Crippen MR) is 93.0 cm³/mol. The molecule has 0 saturated heterocycles. The monoisotopic (exact) mass is 318 g/mol. The van der Waals surface area contributed by atoms with Crippen molar-refractivity contribution in [3.63, 3.8) is 0 Å². The van der Waals surface area contributed by atoms with Gasteiger partial charge in [0.25, 0.3) is 0 Å². The van der Waals surface area contributed by atoms with E-state index in [4.69, 9.17) is 0 Å². The van der Waals surface area contributed by atoms with E-state index >= 15 is 0 Å². The van der Waals surface area contributed by atoms with Gasteiger partial charge in [0.15, 0.2) is 0 Å². The number of rotatable bonds is 2. The Labute approximate surface area is 142 Å². The van der Waals surface area contributed by atoms with E-state index < -0.39 is 5.97 Å². The van der Waals surface area contributed by atoms with Gasteiger partial charge < -0.3 is 15.2 Å². The number of carboxylic acid groups (broad SMARTS) is 1. The number of benzene rings is 2. The Bertz CT molecular complexity index is 836. The number of fused-ring (bicyclic) bond motifs is 3. The van der Waals surface area contributed by atoms with Crippen LogP contribution in [0.25, 0.3) is 0 Å². The summed E-state index contributed by atoms with van der Waals surface area (Å²) < 4.78 is 0. The SMILES string of the molecule is Cc1cc(C)c2c(c1)N[C@H](c1ccc(C(=O)[O-])cc1)[C@H]1CC=C[C@@H]21. The maximum atomic E-state index is 11.0. The zero-order chi connectivity index (χ0) is 16.8. The van der Waals surface area contributed by atoms with Crippen molar-refractivity contribution in [1.29, 1.82) is 0 Å². The van der Waals surface area contributed by atoms with Crippen LogP contribution >= 0.6 is 0 Å². The summed E-state index contributed by atoms with van der Waals surface area (Å²) in [5.41, 5.74) is 6.55. The van der Waals surface area contributed by atoms with Gasteiger partial charge in [-0.1, -0.05) is 42.5 Å². The molecule has 2 aliphatic rings. The number of aryl methyl sites for hydroxylation is 2. The zero-order valence-corrected chi connectivity index (χ0v) is 13.9. The molecule has 4 rings (SSSR count). The summed E-state index contributed by atoms with van der Waals surface area (Å²) in [6.07, 6.45) is 5.64. The molecule has 2 aromatic carbocycles. The lowest BCUT2D eigenvalue weighted by Gasteiger charge is -2.38. The molecule has 0 spiro atoms. The second-order valence-electron chi connectivity index (χ2n) is 6.93. The summed E-state index contributed by atoms with van der Waals surface area (Å²) in [5.74, 6) is -0.240. The Morgan fingerprint density at radius 3 is 2.62 bits per heavy atom. The number of nitrogens with one attached hydrogen (secondary N) is 1. The van der Waals surface area contributed by atoms with Crippen LogP contribution in [0.1, 0.15) is 51.0 Å². The first-order valence-electron chi connectivity index (χ1n) is 8.40. The van der Waals surface area contributed by atoms with Crippen molar-refractivity contribution in [2.24, 2.45) is 5.92 Å². The second-order valence-corrected chi connectivity index (χ2v) is 6.93. The van der Waals surface area contributed by atoms with E-state index in [1.165, 1.54) is 22.4 Å². The largest absolute Gasteiger partial charge is 0.545 e. The lowest BCUT2D eigenvalue weighted by Crippen LogP contribution is -2.30. The molecule has 1 heterocycles. The minimum absolute atomic E-state index is 0.189. The molecule has 3 heteroatoms. The predicted octanol–water partition coefficient (Wildman–Crippen LogP) is 3.49. The molecule has 0 saturated carbocycles. The fraction of sp³-hybridized carbons (Fsp3) is 0.286. The molecule has 24 heavy (non-hydrogen) atoms. The average molecular weight is 318 g/mol. The van der Waals surface area contributed by atoms with E-state index in [1.807, 2.05) is 12.1 Å². The molecule has 0 amide bonds. The van der Waals surface area contributed by atoms with Gasteiger partial charge in [0, 0.05) is 11.6 Å². The summed E-state index contributed by atoms with van der Waals surface area (Å²) in [6, 6.07) is 11.7. The van der Waals surface area contributed by atoms with Crippen LogP contribution in [0.4, 0.5) is 5.69 Å². The van der Waals surface area contributed by atoms with Crippen molar-refractivity contribution in [3.8, 4) is 0 Å². The first-order valence-corrected chi connectivity index (χ1v) is 8.40. The van der Waals surface area contributed by atoms with Gasteiger partial charge in [0.05, 0.1) is 12.0 Å². The molecule has 0 unspecified atom stereocenters. The van der Waals surface area contributed by atoms with E-state index in [9.17, 15) is 9.90 Å². The molecule has 122 valence electrons. The molecule has 1 aliphatic heterocycles. The van der Waals surface area contributed by atoms with Crippen LogP contribution in [0.3, 0.4) is 0 Å². The summed E-state index contributed by atoms with van der Waals surface area (Å²) in [4.78, 5) is 11.0. The molecule has 0 fully saturated rings. The second kappa shape index (κ2) is 5.52. The lowest BCUT2D eigenvalue weighted by molar-refractivity contribution is -0.255. The highest BCUT2D eigenvalue weighted by atomic mass is 16.4. The molecule has 0 bridgehead atoms. The topological polar surface area (TPSA) is 52.2 Å². The van der Waals surface area contributed by atoms with Crippen molar-refractivity contribution >= 4 is 11.7 Å². The first kappa shape index (κ1) is 15.0. The molecule has 3 atom stereocenters. The van der Waals surface area contributed by atoms with E-state index in [0.717, 1.165) is 12.0 Å². The van der Waals surface area contributed by atoms with Gasteiger partial charge in [-0.3, -0.25) is 0 Å². The minimum atomic E-state index is -1.13. The molecule has 1 N–H and O–H groups in total. The minimum Gasteiger partial charge on any atom is -0.545 e. The Balaban J connectivity index is 1.76. The number of aromatic carboxylic acids is 1. The van der Waals surface area contributed by atoms with Gasteiger partial charge >= 0.3 is 0 Å². The highest BCUT2D eigenvalue weighted by molar-refractivity contribution is 5.85. The third-order valence-corrected chi connectivity index (χ3v) is 5.32. The molecule has 2 aromatic rings. The van der Waals surface area contributed by atoms with Crippen molar-refractivity contribution in [2.45, 2.75) is 32.2 Å². The molecule has 3 nitrogen and oxygen atoms in total. The van der Waals surface area contributed by atoms with Crippen LogP contribution in [0.5, 0.6) is 0 Å². The standard InChI is InChI=1S/C21H21NO2/c1-12-10-13(2)19-16-4-3-5-17(16)20(22-18(19)11-12)14-6-8-15(9-7-14)21(23)24/h3-4,6-11,16-17,20,22H,5H2,1-2H3,(H,23,24)/p-1/t16-,17+,20-/m1/s1. The van der Waals surface area contributed by atoms with Crippen LogP contribution in [0.2, 0.25) is 0 Å². The zero-order valence-electron chi connectivity index (χ0n) is 13.9. The summed E-state index contributed by atoms with van der Waals surface area (Å²) >= 11 is 0. The smallest absolute Gasteiger partial charge is 0.0715 e. The van der Waals surface area contributed by atoms with E-state index in [-0.39, 0.29) is 11.6 Å². The molecule has 0 aromatic heterocycles. The Hall–Kier alpha value is -2.55. The third kappa shape index (κ3) is 2.32. The van der Waals surface area contributed by atoms with Gasteiger partial charge in [-0.25, -0.2) is 0 Å². The number of carbonyl (C=O) groups excluding carboxylic acids is 1. The fourth-order valence-corrected chi connectivity index (χ4v) is 4.30. The van der Waals surface area contributed by atoms with Crippen LogP contribution < -0.4 is 10.4 Å². The van der Waals surface area contributed by atoms with E-state index in [1.54, 1.807) is 12.1 Å². The van der Waals surface area contributed by atoms with E-state index in [2.05, 4.69) is 43.4 Å². The molecular weight excluding hydrogens is 298 g/mol. The van der Waals surface area contributed by atoms with Crippen LogP contribution in [0.15, 0.2) is 48.6 Å². The normalized spacial score (nSPS) is 24.2. The maximum Gasteiger partial charge on any atom is 0.0715 e. The Morgan fingerprint density at radius 1 is 1.17 bits per heavy atom. The van der Waals surface area contributed by atoms with E-state index in [0.29, 0.717) is 11.8 Å². The Kier molecular flexibility index (Phi) is 3.45. The van der Waals surface area contributed by atoms with Crippen molar-refractivity contribution in [1.82, 2.24) is 0 Å². The number of anilines is 1. The quantitative estimate of drug-likeness (QED) is 0.862. The number of carboxylic acids is 1. The van der Waals surface area contributed by atoms with Gasteiger partial charge in [0.2, 0.25) is 0 Å². The van der Waals surface area contributed by atoms with Crippen LogP contribution in [-0.4, -0.2) is 5.97 Å². The molecule has 1 aliphatic carbocycles. The van der Waals surface area contributed by atoms with Crippen LogP contribution in [0, 0.1) is 19.8 Å². The number of hydrogen-bond donors (Lipinski definition) is 1. The highest BCUT2D eigenvalue weighted by Gasteiger charge is 2.38. The van der Waals surface area contributed by atoms with Crippen molar-refractivity contribution < 1.29 is 9.90 Å². The summed E-state index contributed by atoms with van der Waals surface area (Å²) in [7, 11) is 0. The summed E-state index contributed by atoms with van der Waals surface area (Å²) in [6.45, 7) is 4.31. The van der Waals surface area contributed by atoms with Gasteiger partial charge in [0.1, 0.15) is 0 Å². The van der Waals surface area contributed by atoms with Crippen molar-refractivity contribution in [2.75, 3.05) is 5.32 Å². The van der Waals surface area contributed by atoms with Gasteiger partial charge in [-0.15, -0.1) is 0 Å². The number of allylic oxidation sites excluding steroid dienone is 2. The van der Waals surface area contributed by atoms with Gasteiger partial charge in [-0.2, -0.15) is 0 Å². The Morgan fingerprint density at radius 2 is 1.92 bits per heavy atom.